The van der Waals surface area contributed by atoms with Crippen LogP contribution in [0, 0.1) is 0 Å². The molecule has 2 aromatic rings. The molecule has 3 rings (SSSR count). The first-order valence-corrected chi connectivity index (χ1v) is 6.03. The van der Waals surface area contributed by atoms with Gasteiger partial charge in [-0.05, 0) is 37.0 Å². The molecule has 0 bridgehead atoms. The van der Waals surface area contributed by atoms with Gasteiger partial charge >= 0.3 is 0 Å². The molecule has 84 valence electrons. The second-order valence-electron chi connectivity index (χ2n) is 4.83. The van der Waals surface area contributed by atoms with Crippen LogP contribution in [0.2, 0.25) is 0 Å². The molecule has 0 saturated carbocycles. The van der Waals surface area contributed by atoms with Gasteiger partial charge < -0.3 is 9.72 Å². The number of ether oxygens (including phenoxy) is 1. The summed E-state index contributed by atoms with van der Waals surface area (Å²) in [5.74, 6) is 1.63. The Morgan fingerprint density at radius 2 is 2.19 bits per heavy atom. The van der Waals surface area contributed by atoms with Crippen molar-refractivity contribution < 1.29 is 4.74 Å². The zero-order chi connectivity index (χ0) is 11.1. The predicted molar refractivity (Wildman–Crippen MR) is 66.2 cm³/mol. The molecule has 0 spiro atoms. The predicted octanol–water partition coefficient (Wildman–Crippen LogP) is 3.62. The fourth-order valence-electron chi connectivity index (χ4n) is 2.40. The molecule has 1 aromatic heterocycles. The summed E-state index contributed by atoms with van der Waals surface area (Å²) in [5.41, 5.74) is 3.94. The first-order chi connectivity index (χ1) is 7.75. The van der Waals surface area contributed by atoms with Crippen LogP contribution < -0.4 is 4.74 Å². The molecule has 1 N–H and O–H groups in total. The Kier molecular flexibility index (Phi) is 2.16. The van der Waals surface area contributed by atoms with Crippen LogP contribution in [0.1, 0.15) is 37.4 Å². The van der Waals surface area contributed by atoms with Crippen LogP contribution in [0.25, 0.3) is 10.9 Å². The van der Waals surface area contributed by atoms with Gasteiger partial charge in [-0.15, -0.1) is 0 Å². The van der Waals surface area contributed by atoms with Crippen molar-refractivity contribution in [2.24, 2.45) is 0 Å². The summed E-state index contributed by atoms with van der Waals surface area (Å²) in [6, 6.07) is 6.51. The normalized spacial score (nSPS) is 15.2. The number of benzene rings is 1. The van der Waals surface area contributed by atoms with Gasteiger partial charge in [0.2, 0.25) is 0 Å². The minimum Gasteiger partial charge on any atom is -0.493 e. The molecule has 1 aliphatic rings. The van der Waals surface area contributed by atoms with Crippen molar-refractivity contribution in [1.29, 1.82) is 0 Å². The highest BCUT2D eigenvalue weighted by molar-refractivity contribution is 5.86. The van der Waals surface area contributed by atoms with Crippen LogP contribution in [-0.4, -0.2) is 11.6 Å². The number of hydrogen-bond acceptors (Lipinski definition) is 1. The first kappa shape index (κ1) is 9.76. The van der Waals surface area contributed by atoms with Gasteiger partial charge in [-0.1, -0.05) is 13.8 Å². The summed E-state index contributed by atoms with van der Waals surface area (Å²) < 4.78 is 5.69. The Bertz CT molecular complexity index is 525. The zero-order valence-electron chi connectivity index (χ0n) is 9.84. The smallest absolute Gasteiger partial charge is 0.123 e. The molecule has 0 unspecified atom stereocenters. The van der Waals surface area contributed by atoms with Crippen LogP contribution in [0.3, 0.4) is 0 Å². The van der Waals surface area contributed by atoms with Crippen LogP contribution in [-0.2, 0) is 6.42 Å². The third kappa shape index (κ3) is 1.41. The molecular weight excluding hydrogens is 198 g/mol. The van der Waals surface area contributed by atoms with E-state index >= 15 is 0 Å². The molecule has 1 aromatic carbocycles. The van der Waals surface area contributed by atoms with E-state index in [2.05, 4.69) is 37.0 Å². The molecule has 0 saturated heterocycles. The van der Waals surface area contributed by atoms with Crippen LogP contribution in [0.4, 0.5) is 0 Å². The van der Waals surface area contributed by atoms with Gasteiger partial charge in [0.1, 0.15) is 5.75 Å². The van der Waals surface area contributed by atoms with Crippen molar-refractivity contribution in [2.75, 3.05) is 6.61 Å². The molecule has 0 atom stereocenters. The van der Waals surface area contributed by atoms with Gasteiger partial charge in [0.05, 0.1) is 6.61 Å². The van der Waals surface area contributed by atoms with Gasteiger partial charge in [0.25, 0.3) is 0 Å². The Hall–Kier alpha value is -1.44. The molecule has 0 aliphatic carbocycles. The highest BCUT2D eigenvalue weighted by Gasteiger charge is 2.15. The van der Waals surface area contributed by atoms with Crippen LogP contribution in [0.15, 0.2) is 18.2 Å². The fourth-order valence-corrected chi connectivity index (χ4v) is 2.40. The molecule has 2 heteroatoms. The van der Waals surface area contributed by atoms with Crippen molar-refractivity contribution in [1.82, 2.24) is 4.98 Å². The van der Waals surface area contributed by atoms with E-state index in [0.29, 0.717) is 5.92 Å². The lowest BCUT2D eigenvalue weighted by atomic mass is 10.0. The second kappa shape index (κ2) is 3.55. The summed E-state index contributed by atoms with van der Waals surface area (Å²) in [6.45, 7) is 5.29. The maximum atomic E-state index is 5.69. The number of hydrogen-bond donors (Lipinski definition) is 1. The van der Waals surface area contributed by atoms with E-state index in [1.807, 2.05) is 0 Å². The molecule has 2 nitrogen and oxygen atoms in total. The molecular formula is C14H17NO. The van der Waals surface area contributed by atoms with E-state index < -0.39 is 0 Å². The third-order valence-electron chi connectivity index (χ3n) is 3.34. The molecule has 2 heterocycles. The maximum Gasteiger partial charge on any atom is 0.123 e. The topological polar surface area (TPSA) is 25.0 Å². The van der Waals surface area contributed by atoms with Gasteiger partial charge in [-0.2, -0.15) is 0 Å². The zero-order valence-corrected chi connectivity index (χ0v) is 9.84. The molecule has 16 heavy (non-hydrogen) atoms. The lowest BCUT2D eigenvalue weighted by Crippen LogP contribution is -2.08. The number of nitrogens with one attached hydrogen (secondary N) is 1. The molecule has 1 aliphatic heterocycles. The second-order valence-corrected chi connectivity index (χ2v) is 4.83. The minimum absolute atomic E-state index is 0.549. The number of aryl methyl sites for hydroxylation is 1. The van der Waals surface area contributed by atoms with Crippen LogP contribution in [0.5, 0.6) is 5.75 Å². The van der Waals surface area contributed by atoms with E-state index in [1.165, 1.54) is 22.2 Å². The van der Waals surface area contributed by atoms with Crippen molar-refractivity contribution in [2.45, 2.75) is 32.6 Å². The monoisotopic (exact) mass is 215 g/mol. The summed E-state index contributed by atoms with van der Waals surface area (Å²) in [5, 5.41) is 1.35. The van der Waals surface area contributed by atoms with Crippen molar-refractivity contribution in [3.05, 3.63) is 29.5 Å². The Labute approximate surface area is 95.6 Å². The summed E-state index contributed by atoms with van der Waals surface area (Å²) >= 11 is 0. The average Bonchev–Trinajstić information content (AvgIpc) is 2.73. The third-order valence-corrected chi connectivity index (χ3v) is 3.34. The number of rotatable bonds is 1. The molecule has 0 amide bonds. The lowest BCUT2D eigenvalue weighted by Gasteiger charge is -2.17. The van der Waals surface area contributed by atoms with Gasteiger partial charge in [0.15, 0.2) is 0 Å². The van der Waals surface area contributed by atoms with E-state index in [-0.39, 0.29) is 0 Å². The van der Waals surface area contributed by atoms with Crippen molar-refractivity contribution >= 4 is 10.9 Å². The quantitative estimate of drug-likeness (QED) is 0.772. The van der Waals surface area contributed by atoms with Gasteiger partial charge in [-0.3, -0.25) is 0 Å². The van der Waals surface area contributed by atoms with E-state index in [0.717, 1.165) is 25.2 Å². The maximum absolute atomic E-state index is 5.69. The standard InChI is InChI=1S/C14H17NO/c1-9(2)13-8-11-10-4-3-7-16-14(10)6-5-12(11)15-13/h5-6,8-9,15H,3-4,7H2,1-2H3. The largest absolute Gasteiger partial charge is 0.493 e. The van der Waals surface area contributed by atoms with Crippen molar-refractivity contribution in [3.63, 3.8) is 0 Å². The van der Waals surface area contributed by atoms with E-state index in [1.54, 1.807) is 0 Å². The Morgan fingerprint density at radius 1 is 1.31 bits per heavy atom. The average molecular weight is 215 g/mol. The summed E-state index contributed by atoms with van der Waals surface area (Å²) in [6.07, 6.45) is 2.27. The number of fused-ring (bicyclic) bond motifs is 3. The number of aromatic nitrogens is 1. The van der Waals surface area contributed by atoms with Gasteiger partial charge in [-0.25, -0.2) is 0 Å². The fraction of sp³-hybridized carbons (Fsp3) is 0.429. The lowest BCUT2D eigenvalue weighted by molar-refractivity contribution is 0.289. The number of H-pyrrole nitrogens is 1. The van der Waals surface area contributed by atoms with Crippen molar-refractivity contribution in [3.8, 4) is 5.75 Å². The highest BCUT2D eigenvalue weighted by Crippen LogP contribution is 2.33. The Morgan fingerprint density at radius 3 is 3.00 bits per heavy atom. The molecule has 0 radical (unpaired) electrons. The summed E-state index contributed by atoms with van der Waals surface area (Å²) in [4.78, 5) is 3.49. The van der Waals surface area contributed by atoms with Crippen LogP contribution >= 0.6 is 0 Å². The molecule has 0 fully saturated rings. The highest BCUT2D eigenvalue weighted by atomic mass is 16.5. The summed E-state index contributed by atoms with van der Waals surface area (Å²) in [7, 11) is 0. The first-order valence-electron chi connectivity index (χ1n) is 6.03. The SMILES string of the molecule is CC(C)c1cc2c3c(ccc2[nH]1)OCCC3. The minimum atomic E-state index is 0.549. The van der Waals surface area contributed by atoms with Gasteiger partial charge in [0, 0.05) is 22.2 Å². The Balaban J connectivity index is 2.22. The van der Waals surface area contributed by atoms with E-state index in [4.69, 9.17) is 4.74 Å². The van der Waals surface area contributed by atoms with E-state index in [9.17, 15) is 0 Å². The number of aromatic amines is 1.